The number of rotatable bonds is 5. The second kappa shape index (κ2) is 5.86. The molecular formula is C15H28O. The zero-order valence-electron chi connectivity index (χ0n) is 11.4. The van der Waals surface area contributed by atoms with E-state index in [1.165, 1.54) is 19.3 Å². The summed E-state index contributed by atoms with van der Waals surface area (Å²) in [5, 5.41) is 9.51. The van der Waals surface area contributed by atoms with Crippen molar-refractivity contribution in [2.75, 3.05) is 0 Å². The molecule has 16 heavy (non-hydrogen) atoms. The molecule has 0 aromatic heterocycles. The summed E-state index contributed by atoms with van der Waals surface area (Å²) in [5.41, 5.74) is 0.424. The van der Waals surface area contributed by atoms with Crippen molar-refractivity contribution >= 4 is 0 Å². The first-order valence-electron chi connectivity index (χ1n) is 6.87. The molecule has 0 heterocycles. The van der Waals surface area contributed by atoms with Gasteiger partial charge >= 0.3 is 0 Å². The number of aliphatic hydroxyl groups is 1. The van der Waals surface area contributed by atoms with Crippen LogP contribution in [0, 0.1) is 17.3 Å². The monoisotopic (exact) mass is 224 g/mol. The van der Waals surface area contributed by atoms with Gasteiger partial charge in [-0.1, -0.05) is 52.7 Å². The highest BCUT2D eigenvalue weighted by molar-refractivity contribution is 5.02. The summed E-state index contributed by atoms with van der Waals surface area (Å²) in [6, 6.07) is 0. The summed E-state index contributed by atoms with van der Waals surface area (Å²) >= 11 is 0. The fourth-order valence-corrected chi connectivity index (χ4v) is 2.92. The molecule has 1 rings (SSSR count). The summed E-state index contributed by atoms with van der Waals surface area (Å²) < 4.78 is 0. The molecule has 1 N–H and O–H groups in total. The van der Waals surface area contributed by atoms with Gasteiger partial charge in [-0.25, -0.2) is 0 Å². The highest BCUT2D eigenvalue weighted by atomic mass is 16.3. The van der Waals surface area contributed by atoms with E-state index >= 15 is 0 Å². The SMILES string of the molecule is CCCC(C1C=CC(O)CC1)C(C)(C)CC. The highest BCUT2D eigenvalue weighted by Crippen LogP contribution is 2.42. The highest BCUT2D eigenvalue weighted by Gasteiger charge is 2.33. The number of aliphatic hydroxyl groups excluding tert-OH is 1. The largest absolute Gasteiger partial charge is 0.389 e. The molecule has 0 saturated carbocycles. The van der Waals surface area contributed by atoms with Crippen LogP contribution in [0.4, 0.5) is 0 Å². The van der Waals surface area contributed by atoms with Gasteiger partial charge in [0.15, 0.2) is 0 Å². The van der Waals surface area contributed by atoms with E-state index < -0.39 is 0 Å². The van der Waals surface area contributed by atoms with E-state index in [0.717, 1.165) is 18.8 Å². The van der Waals surface area contributed by atoms with Crippen LogP contribution >= 0.6 is 0 Å². The third-order valence-corrected chi connectivity index (χ3v) is 4.41. The predicted molar refractivity (Wildman–Crippen MR) is 70.3 cm³/mol. The van der Waals surface area contributed by atoms with Gasteiger partial charge in [0.05, 0.1) is 6.10 Å². The summed E-state index contributed by atoms with van der Waals surface area (Å²) in [6.45, 7) is 9.36. The van der Waals surface area contributed by atoms with Crippen LogP contribution in [0.15, 0.2) is 12.2 Å². The Kier molecular flexibility index (Phi) is 5.04. The molecule has 1 nitrogen and oxygen atoms in total. The summed E-state index contributed by atoms with van der Waals surface area (Å²) in [4.78, 5) is 0. The Bertz CT molecular complexity index is 230. The van der Waals surface area contributed by atoms with Gasteiger partial charge in [-0.2, -0.15) is 0 Å². The van der Waals surface area contributed by atoms with E-state index in [9.17, 15) is 5.11 Å². The maximum Gasteiger partial charge on any atom is 0.0721 e. The first-order chi connectivity index (χ1) is 7.51. The van der Waals surface area contributed by atoms with Crippen molar-refractivity contribution in [1.82, 2.24) is 0 Å². The zero-order valence-corrected chi connectivity index (χ0v) is 11.4. The van der Waals surface area contributed by atoms with E-state index in [2.05, 4.69) is 33.8 Å². The van der Waals surface area contributed by atoms with E-state index in [4.69, 9.17) is 0 Å². The van der Waals surface area contributed by atoms with Gasteiger partial charge in [-0.3, -0.25) is 0 Å². The Balaban J connectivity index is 2.74. The Labute approximate surface area is 101 Å². The average molecular weight is 224 g/mol. The Morgan fingerprint density at radius 3 is 2.38 bits per heavy atom. The first-order valence-corrected chi connectivity index (χ1v) is 6.87. The number of hydrogen-bond acceptors (Lipinski definition) is 1. The van der Waals surface area contributed by atoms with Gasteiger partial charge in [-0.15, -0.1) is 0 Å². The van der Waals surface area contributed by atoms with Crippen molar-refractivity contribution in [1.29, 1.82) is 0 Å². The minimum absolute atomic E-state index is 0.191. The van der Waals surface area contributed by atoms with Crippen LogP contribution in [0.25, 0.3) is 0 Å². The lowest BCUT2D eigenvalue weighted by molar-refractivity contribution is 0.115. The topological polar surface area (TPSA) is 20.2 Å². The number of allylic oxidation sites excluding steroid dienone is 1. The first kappa shape index (κ1) is 13.8. The summed E-state index contributed by atoms with van der Waals surface area (Å²) in [6.07, 6.45) is 10.0. The number of hydrogen-bond donors (Lipinski definition) is 1. The molecule has 3 unspecified atom stereocenters. The second-order valence-corrected chi connectivity index (χ2v) is 5.93. The molecular weight excluding hydrogens is 196 g/mol. The van der Waals surface area contributed by atoms with Crippen LogP contribution in [-0.4, -0.2) is 11.2 Å². The Morgan fingerprint density at radius 2 is 1.94 bits per heavy atom. The molecule has 0 bridgehead atoms. The van der Waals surface area contributed by atoms with Crippen molar-refractivity contribution in [2.24, 2.45) is 17.3 Å². The Morgan fingerprint density at radius 1 is 1.25 bits per heavy atom. The van der Waals surface area contributed by atoms with Crippen molar-refractivity contribution in [3.05, 3.63) is 12.2 Å². The minimum Gasteiger partial charge on any atom is -0.389 e. The molecule has 1 aliphatic rings. The molecule has 0 fully saturated rings. The fourth-order valence-electron chi connectivity index (χ4n) is 2.92. The minimum atomic E-state index is -0.191. The average Bonchev–Trinajstić information content (AvgIpc) is 2.27. The van der Waals surface area contributed by atoms with Gasteiger partial charge < -0.3 is 5.11 Å². The molecule has 1 heteroatoms. The third-order valence-electron chi connectivity index (χ3n) is 4.41. The van der Waals surface area contributed by atoms with E-state index in [0.29, 0.717) is 11.3 Å². The van der Waals surface area contributed by atoms with Crippen LogP contribution in [0.3, 0.4) is 0 Å². The molecule has 0 spiro atoms. The standard InChI is InChI=1S/C15H28O/c1-5-7-14(15(3,4)6-2)12-8-10-13(16)11-9-12/h8,10,12-14,16H,5-7,9,11H2,1-4H3. The van der Waals surface area contributed by atoms with Gasteiger partial charge in [-0.05, 0) is 36.5 Å². The molecule has 0 amide bonds. The van der Waals surface area contributed by atoms with Gasteiger partial charge in [0.1, 0.15) is 0 Å². The van der Waals surface area contributed by atoms with Crippen LogP contribution in [0.2, 0.25) is 0 Å². The summed E-state index contributed by atoms with van der Waals surface area (Å²) in [5.74, 6) is 1.45. The molecule has 0 aromatic carbocycles. The maximum absolute atomic E-state index is 9.51. The van der Waals surface area contributed by atoms with Crippen LogP contribution in [0.1, 0.15) is 59.8 Å². The normalized spacial score (nSPS) is 28.1. The van der Waals surface area contributed by atoms with Crippen molar-refractivity contribution in [3.8, 4) is 0 Å². The predicted octanol–water partition coefficient (Wildman–Crippen LogP) is 4.17. The van der Waals surface area contributed by atoms with Gasteiger partial charge in [0.25, 0.3) is 0 Å². The van der Waals surface area contributed by atoms with Crippen molar-refractivity contribution in [3.63, 3.8) is 0 Å². The molecule has 0 aromatic rings. The second-order valence-electron chi connectivity index (χ2n) is 5.93. The van der Waals surface area contributed by atoms with E-state index in [1.54, 1.807) is 0 Å². The van der Waals surface area contributed by atoms with E-state index in [1.807, 2.05) is 6.08 Å². The van der Waals surface area contributed by atoms with Crippen LogP contribution in [-0.2, 0) is 0 Å². The zero-order chi connectivity index (χ0) is 12.2. The quantitative estimate of drug-likeness (QED) is 0.695. The molecule has 3 atom stereocenters. The summed E-state index contributed by atoms with van der Waals surface area (Å²) in [7, 11) is 0. The lowest BCUT2D eigenvalue weighted by atomic mass is 9.66. The molecule has 94 valence electrons. The van der Waals surface area contributed by atoms with Gasteiger partial charge in [0.2, 0.25) is 0 Å². The molecule has 0 aliphatic heterocycles. The van der Waals surface area contributed by atoms with E-state index in [-0.39, 0.29) is 6.10 Å². The molecule has 0 saturated heterocycles. The van der Waals surface area contributed by atoms with Crippen molar-refractivity contribution < 1.29 is 5.11 Å². The van der Waals surface area contributed by atoms with Crippen molar-refractivity contribution in [2.45, 2.75) is 65.9 Å². The van der Waals surface area contributed by atoms with Crippen LogP contribution < -0.4 is 0 Å². The van der Waals surface area contributed by atoms with Gasteiger partial charge in [0, 0.05) is 0 Å². The fraction of sp³-hybridized carbons (Fsp3) is 0.867. The smallest absolute Gasteiger partial charge is 0.0721 e. The lowest BCUT2D eigenvalue weighted by Crippen LogP contribution is -2.31. The molecule has 0 radical (unpaired) electrons. The molecule has 1 aliphatic carbocycles. The third kappa shape index (κ3) is 3.35. The Hall–Kier alpha value is -0.300. The lowest BCUT2D eigenvalue weighted by Gasteiger charge is -2.39. The van der Waals surface area contributed by atoms with Crippen LogP contribution in [0.5, 0.6) is 0 Å². The maximum atomic E-state index is 9.51.